The first kappa shape index (κ1) is 19.1. The zero-order valence-electron chi connectivity index (χ0n) is 15.7. The molecule has 1 N–H and O–H groups in total. The van der Waals surface area contributed by atoms with Gasteiger partial charge in [0, 0.05) is 11.8 Å². The van der Waals surface area contributed by atoms with E-state index in [-0.39, 0.29) is 12.8 Å². The van der Waals surface area contributed by atoms with Crippen molar-refractivity contribution < 1.29 is 13.9 Å². The standard InChI is InChI=1S/C22H31BrF2O/c1-13(12-23)18-5-6-19-17-4-3-14-11-22(26,20(24)25)10-8-15(14)16(17)7-9-21(18,19)2/h3,15-20,26H,1,4-12H2,2H3/t15-,16+,17+,18+,19-,21+,22-/m0/s1. The summed E-state index contributed by atoms with van der Waals surface area (Å²) < 4.78 is 26.6. The summed E-state index contributed by atoms with van der Waals surface area (Å²) in [6.45, 7) is 6.82. The van der Waals surface area contributed by atoms with Crippen LogP contribution in [0.15, 0.2) is 23.8 Å². The van der Waals surface area contributed by atoms with Gasteiger partial charge in [0.05, 0.1) is 0 Å². The zero-order valence-corrected chi connectivity index (χ0v) is 17.3. The fourth-order valence-corrected chi connectivity index (χ4v) is 7.66. The quantitative estimate of drug-likeness (QED) is 0.423. The summed E-state index contributed by atoms with van der Waals surface area (Å²) in [5.74, 6) is 3.10. The maximum Gasteiger partial charge on any atom is 0.267 e. The van der Waals surface area contributed by atoms with Crippen molar-refractivity contribution in [3.8, 4) is 0 Å². The molecule has 4 rings (SSSR count). The van der Waals surface area contributed by atoms with Gasteiger partial charge in [0.15, 0.2) is 0 Å². The van der Waals surface area contributed by atoms with Crippen LogP contribution in [0.5, 0.6) is 0 Å². The lowest BCUT2D eigenvalue weighted by molar-refractivity contribution is -0.119. The molecule has 0 aromatic heterocycles. The lowest BCUT2D eigenvalue weighted by Gasteiger charge is -2.54. The molecular formula is C22H31BrF2O. The van der Waals surface area contributed by atoms with E-state index in [1.807, 2.05) is 0 Å². The molecule has 0 radical (unpaired) electrons. The monoisotopic (exact) mass is 428 g/mol. The molecule has 0 spiro atoms. The van der Waals surface area contributed by atoms with Gasteiger partial charge < -0.3 is 5.11 Å². The van der Waals surface area contributed by atoms with E-state index in [2.05, 4.69) is 35.5 Å². The van der Waals surface area contributed by atoms with Crippen LogP contribution in [0.4, 0.5) is 8.78 Å². The van der Waals surface area contributed by atoms with Gasteiger partial charge in [-0.3, -0.25) is 0 Å². The molecule has 146 valence electrons. The molecule has 0 amide bonds. The molecule has 1 nitrogen and oxygen atoms in total. The fraction of sp³-hybridized carbons (Fsp3) is 0.818. The topological polar surface area (TPSA) is 20.2 Å². The van der Waals surface area contributed by atoms with Gasteiger partial charge in [-0.25, -0.2) is 8.78 Å². The zero-order chi connectivity index (χ0) is 18.7. The summed E-state index contributed by atoms with van der Waals surface area (Å²) in [6.07, 6.45) is 6.76. The summed E-state index contributed by atoms with van der Waals surface area (Å²) >= 11 is 3.61. The molecule has 0 aliphatic heterocycles. The highest BCUT2D eigenvalue weighted by molar-refractivity contribution is 9.09. The Kier molecular flexibility index (Phi) is 4.91. The number of halogens is 3. The third-order valence-corrected chi connectivity index (χ3v) is 9.33. The van der Waals surface area contributed by atoms with Crippen molar-refractivity contribution in [1.29, 1.82) is 0 Å². The Labute approximate surface area is 164 Å². The molecule has 0 bridgehead atoms. The first-order chi connectivity index (χ1) is 12.3. The van der Waals surface area contributed by atoms with Gasteiger partial charge in [-0.15, -0.1) is 0 Å². The lowest BCUT2D eigenvalue weighted by atomic mass is 9.51. The van der Waals surface area contributed by atoms with Crippen LogP contribution in [0.25, 0.3) is 0 Å². The van der Waals surface area contributed by atoms with E-state index >= 15 is 0 Å². The second-order valence-corrected chi connectivity index (χ2v) is 10.2. The largest absolute Gasteiger partial charge is 0.384 e. The van der Waals surface area contributed by atoms with E-state index < -0.39 is 12.0 Å². The van der Waals surface area contributed by atoms with Gasteiger partial charge in [-0.2, -0.15) is 0 Å². The maximum absolute atomic E-state index is 13.3. The van der Waals surface area contributed by atoms with Crippen molar-refractivity contribution in [2.75, 3.05) is 5.33 Å². The summed E-state index contributed by atoms with van der Waals surface area (Å²) in [7, 11) is 0. The average Bonchev–Trinajstić information content (AvgIpc) is 2.97. The van der Waals surface area contributed by atoms with E-state index in [0.717, 1.165) is 29.7 Å². The maximum atomic E-state index is 13.3. The van der Waals surface area contributed by atoms with Crippen molar-refractivity contribution in [3.63, 3.8) is 0 Å². The minimum atomic E-state index is -2.64. The predicted octanol–water partition coefficient (Wildman–Crippen LogP) is 6.12. The van der Waals surface area contributed by atoms with Crippen LogP contribution < -0.4 is 0 Å². The normalized spacial score (nSPS) is 47.8. The van der Waals surface area contributed by atoms with E-state index in [0.29, 0.717) is 29.1 Å². The molecule has 26 heavy (non-hydrogen) atoms. The molecule has 0 saturated heterocycles. The van der Waals surface area contributed by atoms with Crippen LogP contribution in [-0.2, 0) is 0 Å². The Morgan fingerprint density at radius 2 is 2.04 bits per heavy atom. The molecule has 0 unspecified atom stereocenters. The molecule has 4 heteroatoms. The highest BCUT2D eigenvalue weighted by atomic mass is 79.9. The second kappa shape index (κ2) is 6.69. The van der Waals surface area contributed by atoms with Crippen LogP contribution in [-0.4, -0.2) is 22.5 Å². The first-order valence-corrected chi connectivity index (χ1v) is 11.4. The molecular weight excluding hydrogens is 398 g/mol. The van der Waals surface area contributed by atoms with Gasteiger partial charge >= 0.3 is 0 Å². The molecule has 4 aliphatic rings. The van der Waals surface area contributed by atoms with Gasteiger partial charge in [0.1, 0.15) is 5.60 Å². The Balaban J connectivity index is 1.57. The number of allylic oxidation sites excluding steroid dienone is 2. The van der Waals surface area contributed by atoms with Crippen molar-refractivity contribution in [3.05, 3.63) is 23.8 Å². The number of alkyl halides is 3. The summed E-state index contributed by atoms with van der Waals surface area (Å²) in [5.41, 5.74) is 1.05. The van der Waals surface area contributed by atoms with Gasteiger partial charge in [0.2, 0.25) is 0 Å². The molecule has 0 aromatic carbocycles. The number of fused-ring (bicyclic) bond motifs is 5. The predicted molar refractivity (Wildman–Crippen MR) is 104 cm³/mol. The number of aliphatic hydroxyl groups is 1. The lowest BCUT2D eigenvalue weighted by Crippen LogP contribution is -2.49. The van der Waals surface area contributed by atoms with Crippen molar-refractivity contribution in [2.24, 2.45) is 35.0 Å². The van der Waals surface area contributed by atoms with Crippen LogP contribution in [0.3, 0.4) is 0 Å². The Morgan fingerprint density at radius 3 is 2.73 bits per heavy atom. The summed E-state index contributed by atoms with van der Waals surface area (Å²) in [4.78, 5) is 0. The van der Waals surface area contributed by atoms with Gasteiger partial charge in [0.25, 0.3) is 6.43 Å². The number of hydrogen-bond donors (Lipinski definition) is 1. The van der Waals surface area contributed by atoms with Crippen LogP contribution in [0, 0.1) is 35.0 Å². The van der Waals surface area contributed by atoms with Gasteiger partial charge in [-0.1, -0.05) is 46.7 Å². The Bertz CT molecular complexity index is 617. The van der Waals surface area contributed by atoms with Crippen LogP contribution in [0.2, 0.25) is 0 Å². The Hall–Kier alpha value is -0.220. The Morgan fingerprint density at radius 1 is 1.27 bits per heavy atom. The number of rotatable bonds is 3. The average molecular weight is 429 g/mol. The highest BCUT2D eigenvalue weighted by Crippen LogP contribution is 2.64. The van der Waals surface area contributed by atoms with Crippen molar-refractivity contribution >= 4 is 15.9 Å². The van der Waals surface area contributed by atoms with E-state index in [9.17, 15) is 13.9 Å². The molecule has 4 aliphatic carbocycles. The minimum absolute atomic E-state index is 0.184. The van der Waals surface area contributed by atoms with Crippen LogP contribution in [0.1, 0.15) is 58.3 Å². The molecule has 7 atom stereocenters. The first-order valence-electron chi connectivity index (χ1n) is 10.2. The molecule has 0 aromatic rings. The SMILES string of the molecule is C=C(CBr)[C@H]1CC[C@H]2[C@@H]3CC=C4C[C@](O)(C(F)F)CC[C@@H]4[C@H]3CC[C@]12C. The van der Waals surface area contributed by atoms with E-state index in [1.54, 1.807) is 0 Å². The fourth-order valence-electron chi connectivity index (χ4n) is 7.27. The van der Waals surface area contributed by atoms with E-state index in [1.165, 1.54) is 31.3 Å². The molecule has 3 fully saturated rings. The summed E-state index contributed by atoms with van der Waals surface area (Å²) in [5, 5.41) is 11.2. The molecule has 3 saturated carbocycles. The van der Waals surface area contributed by atoms with Gasteiger partial charge in [-0.05, 0) is 80.0 Å². The second-order valence-electron chi connectivity index (χ2n) is 9.64. The summed E-state index contributed by atoms with van der Waals surface area (Å²) in [6, 6.07) is 0. The number of hydrogen-bond acceptors (Lipinski definition) is 1. The van der Waals surface area contributed by atoms with Crippen molar-refractivity contribution in [1.82, 2.24) is 0 Å². The highest BCUT2D eigenvalue weighted by Gasteiger charge is 2.57. The minimum Gasteiger partial charge on any atom is -0.384 e. The third-order valence-electron chi connectivity index (χ3n) is 8.61. The third kappa shape index (κ3) is 2.77. The molecule has 0 heterocycles. The van der Waals surface area contributed by atoms with Crippen molar-refractivity contribution in [2.45, 2.75) is 70.3 Å². The van der Waals surface area contributed by atoms with Crippen LogP contribution >= 0.6 is 15.9 Å². The smallest absolute Gasteiger partial charge is 0.267 e. The van der Waals surface area contributed by atoms with E-state index in [4.69, 9.17) is 0 Å².